The molecule has 0 bridgehead atoms. The molecule has 0 aliphatic carbocycles. The van der Waals surface area contributed by atoms with E-state index in [2.05, 4.69) is 0 Å². The minimum atomic E-state index is -0.869. The number of hydrogen-bond acceptors (Lipinski definition) is 2. The summed E-state index contributed by atoms with van der Waals surface area (Å²) < 4.78 is 26.7. The minimum Gasteiger partial charge on any atom is -0.388 e. The van der Waals surface area contributed by atoms with E-state index in [1.807, 2.05) is 37.2 Å². The van der Waals surface area contributed by atoms with E-state index in [1.54, 1.807) is 6.07 Å². The summed E-state index contributed by atoms with van der Waals surface area (Å²) in [6.07, 6.45) is -0.827. The Morgan fingerprint density at radius 2 is 1.85 bits per heavy atom. The van der Waals surface area contributed by atoms with Crippen LogP contribution in [0.4, 0.5) is 14.5 Å². The van der Waals surface area contributed by atoms with Gasteiger partial charge in [0.15, 0.2) is 0 Å². The molecule has 0 radical (unpaired) electrons. The summed E-state index contributed by atoms with van der Waals surface area (Å²) in [6.45, 7) is 0. The van der Waals surface area contributed by atoms with Gasteiger partial charge in [0, 0.05) is 26.2 Å². The molecule has 0 heterocycles. The molecule has 0 saturated carbocycles. The van der Waals surface area contributed by atoms with Crippen LogP contribution in [0.5, 0.6) is 0 Å². The number of hydrogen-bond donors (Lipinski definition) is 1. The smallest absolute Gasteiger partial charge is 0.126 e. The predicted molar refractivity (Wildman–Crippen MR) is 75.8 cm³/mol. The molecule has 0 aliphatic heterocycles. The van der Waals surface area contributed by atoms with Gasteiger partial charge in [0.25, 0.3) is 0 Å². The molecule has 20 heavy (non-hydrogen) atoms. The van der Waals surface area contributed by atoms with Gasteiger partial charge < -0.3 is 10.0 Å². The van der Waals surface area contributed by atoms with Crippen LogP contribution >= 0.6 is 0 Å². The largest absolute Gasteiger partial charge is 0.388 e. The van der Waals surface area contributed by atoms with Gasteiger partial charge in [-0.2, -0.15) is 0 Å². The lowest BCUT2D eigenvalue weighted by molar-refractivity contribution is 0.177. The van der Waals surface area contributed by atoms with Gasteiger partial charge in [-0.25, -0.2) is 8.78 Å². The van der Waals surface area contributed by atoms with E-state index in [9.17, 15) is 13.9 Å². The number of aliphatic hydroxyl groups is 1. The zero-order valence-corrected chi connectivity index (χ0v) is 11.5. The fourth-order valence-electron chi connectivity index (χ4n) is 2.04. The number of benzene rings is 2. The summed E-state index contributed by atoms with van der Waals surface area (Å²) >= 11 is 0. The second-order valence-electron chi connectivity index (χ2n) is 4.95. The first-order valence-electron chi connectivity index (χ1n) is 6.36. The number of aliphatic hydroxyl groups excluding tert-OH is 1. The van der Waals surface area contributed by atoms with Crippen molar-refractivity contribution in [2.45, 2.75) is 12.5 Å². The maximum atomic E-state index is 13.6. The third-order valence-corrected chi connectivity index (χ3v) is 3.19. The lowest BCUT2D eigenvalue weighted by Gasteiger charge is -2.16. The van der Waals surface area contributed by atoms with Crippen molar-refractivity contribution >= 4 is 5.69 Å². The van der Waals surface area contributed by atoms with Crippen molar-refractivity contribution in [1.82, 2.24) is 0 Å². The van der Waals surface area contributed by atoms with E-state index in [-0.39, 0.29) is 12.0 Å². The van der Waals surface area contributed by atoms with E-state index in [0.717, 1.165) is 23.9 Å². The molecule has 106 valence electrons. The van der Waals surface area contributed by atoms with Crippen LogP contribution in [-0.4, -0.2) is 19.2 Å². The van der Waals surface area contributed by atoms with E-state index >= 15 is 0 Å². The monoisotopic (exact) mass is 277 g/mol. The number of halogens is 2. The third kappa shape index (κ3) is 3.33. The number of rotatable bonds is 4. The van der Waals surface area contributed by atoms with Crippen molar-refractivity contribution < 1.29 is 13.9 Å². The Hall–Kier alpha value is -1.94. The van der Waals surface area contributed by atoms with E-state index < -0.39 is 17.7 Å². The van der Waals surface area contributed by atoms with Gasteiger partial charge in [0.05, 0.1) is 6.10 Å². The Labute approximate surface area is 117 Å². The average molecular weight is 277 g/mol. The standard InChI is InChI=1S/C16H17F2NO/c1-19(2)14-5-3-4-11(9-14)16(20)10-12-8-13(17)6-7-15(12)18/h3-9,16,20H,10H2,1-2H3. The Balaban J connectivity index is 2.21. The van der Waals surface area contributed by atoms with Gasteiger partial charge in [-0.15, -0.1) is 0 Å². The Bertz CT molecular complexity index is 599. The van der Waals surface area contributed by atoms with Crippen LogP contribution < -0.4 is 4.90 Å². The molecule has 0 fully saturated rings. The molecule has 0 saturated heterocycles. The van der Waals surface area contributed by atoms with Crippen molar-refractivity contribution in [3.63, 3.8) is 0 Å². The SMILES string of the molecule is CN(C)c1cccc(C(O)Cc2cc(F)ccc2F)c1. The first-order valence-corrected chi connectivity index (χ1v) is 6.36. The zero-order valence-electron chi connectivity index (χ0n) is 11.5. The van der Waals surface area contributed by atoms with Gasteiger partial charge in [-0.3, -0.25) is 0 Å². The lowest BCUT2D eigenvalue weighted by atomic mass is 10.0. The maximum Gasteiger partial charge on any atom is 0.126 e. The molecule has 2 nitrogen and oxygen atoms in total. The normalized spacial score (nSPS) is 12.2. The summed E-state index contributed by atoms with van der Waals surface area (Å²) in [5.74, 6) is -1.01. The van der Waals surface area contributed by atoms with Crippen molar-refractivity contribution in [3.8, 4) is 0 Å². The van der Waals surface area contributed by atoms with Gasteiger partial charge in [0.2, 0.25) is 0 Å². The average Bonchev–Trinajstić information content (AvgIpc) is 2.43. The lowest BCUT2D eigenvalue weighted by Crippen LogP contribution is -2.10. The second-order valence-corrected chi connectivity index (χ2v) is 4.95. The first-order chi connectivity index (χ1) is 9.47. The first kappa shape index (κ1) is 14.5. The molecule has 0 spiro atoms. The van der Waals surface area contributed by atoms with Crippen LogP contribution in [0, 0.1) is 11.6 Å². The molecular weight excluding hydrogens is 260 g/mol. The molecule has 0 aliphatic rings. The fraction of sp³-hybridized carbons (Fsp3) is 0.250. The summed E-state index contributed by atoms with van der Waals surface area (Å²) in [6, 6.07) is 10.6. The van der Waals surface area contributed by atoms with Crippen LogP contribution in [-0.2, 0) is 6.42 Å². The molecule has 0 amide bonds. The van der Waals surface area contributed by atoms with Crippen LogP contribution in [0.25, 0.3) is 0 Å². The zero-order chi connectivity index (χ0) is 14.7. The summed E-state index contributed by atoms with van der Waals surface area (Å²) in [5.41, 5.74) is 1.80. The Morgan fingerprint density at radius 1 is 1.10 bits per heavy atom. The summed E-state index contributed by atoms with van der Waals surface area (Å²) in [5, 5.41) is 10.2. The van der Waals surface area contributed by atoms with Crippen molar-refractivity contribution in [1.29, 1.82) is 0 Å². The molecule has 1 N–H and O–H groups in total. The summed E-state index contributed by atoms with van der Waals surface area (Å²) in [4.78, 5) is 1.92. The molecule has 1 atom stereocenters. The van der Waals surface area contributed by atoms with Crippen LogP contribution in [0.3, 0.4) is 0 Å². The van der Waals surface area contributed by atoms with Crippen molar-refractivity contribution in [3.05, 3.63) is 65.2 Å². The van der Waals surface area contributed by atoms with Crippen LogP contribution in [0.15, 0.2) is 42.5 Å². The fourth-order valence-corrected chi connectivity index (χ4v) is 2.04. The molecule has 2 aromatic carbocycles. The van der Waals surface area contributed by atoms with E-state index in [1.165, 1.54) is 0 Å². The third-order valence-electron chi connectivity index (χ3n) is 3.19. The van der Waals surface area contributed by atoms with Crippen molar-refractivity contribution in [2.24, 2.45) is 0 Å². The van der Waals surface area contributed by atoms with Crippen LogP contribution in [0.1, 0.15) is 17.2 Å². The highest BCUT2D eigenvalue weighted by atomic mass is 19.1. The highest BCUT2D eigenvalue weighted by Gasteiger charge is 2.13. The van der Waals surface area contributed by atoms with Gasteiger partial charge >= 0.3 is 0 Å². The highest BCUT2D eigenvalue weighted by Crippen LogP contribution is 2.23. The quantitative estimate of drug-likeness (QED) is 0.927. The van der Waals surface area contributed by atoms with Gasteiger partial charge in [-0.1, -0.05) is 12.1 Å². The molecule has 0 aromatic heterocycles. The Morgan fingerprint density at radius 3 is 2.55 bits per heavy atom. The maximum absolute atomic E-state index is 13.6. The second kappa shape index (κ2) is 6.01. The molecular formula is C16H17F2NO. The highest BCUT2D eigenvalue weighted by molar-refractivity contribution is 5.47. The minimum absolute atomic E-state index is 0.0421. The van der Waals surface area contributed by atoms with Gasteiger partial charge in [0.1, 0.15) is 11.6 Å². The molecule has 4 heteroatoms. The van der Waals surface area contributed by atoms with Crippen molar-refractivity contribution in [2.75, 3.05) is 19.0 Å². The Kier molecular flexibility index (Phi) is 4.35. The number of anilines is 1. The van der Waals surface area contributed by atoms with Crippen LogP contribution in [0.2, 0.25) is 0 Å². The predicted octanol–water partition coefficient (Wildman–Crippen LogP) is 3.31. The summed E-state index contributed by atoms with van der Waals surface area (Å²) in [7, 11) is 3.80. The molecule has 2 aromatic rings. The van der Waals surface area contributed by atoms with E-state index in [4.69, 9.17) is 0 Å². The van der Waals surface area contributed by atoms with E-state index in [0.29, 0.717) is 5.56 Å². The topological polar surface area (TPSA) is 23.5 Å². The number of nitrogens with zero attached hydrogens (tertiary/aromatic N) is 1. The molecule has 1 unspecified atom stereocenters. The molecule has 2 rings (SSSR count). The van der Waals surface area contributed by atoms with Gasteiger partial charge in [-0.05, 0) is 41.5 Å².